The first-order valence-electron chi connectivity index (χ1n) is 5.04. The van der Waals surface area contributed by atoms with Crippen molar-refractivity contribution in [2.45, 2.75) is 6.42 Å². The molecule has 0 bridgehead atoms. The highest BCUT2D eigenvalue weighted by molar-refractivity contribution is 9.10. The van der Waals surface area contributed by atoms with Crippen molar-refractivity contribution in [2.75, 3.05) is 6.54 Å². The number of aromatic nitrogens is 2. The van der Waals surface area contributed by atoms with Crippen LogP contribution in [0.25, 0.3) is 0 Å². The van der Waals surface area contributed by atoms with Crippen LogP contribution in [0.1, 0.15) is 15.4 Å². The van der Waals surface area contributed by atoms with Crippen LogP contribution in [-0.4, -0.2) is 22.4 Å². The average molecular weight is 312 g/mol. The lowest BCUT2D eigenvalue weighted by Crippen LogP contribution is -2.26. The van der Waals surface area contributed by atoms with Crippen LogP contribution in [0.5, 0.6) is 0 Å². The minimum Gasteiger partial charge on any atom is -0.352 e. The van der Waals surface area contributed by atoms with E-state index in [9.17, 15) is 4.79 Å². The van der Waals surface area contributed by atoms with Gasteiger partial charge in [-0.3, -0.25) is 4.79 Å². The van der Waals surface area contributed by atoms with Crippen LogP contribution >= 0.6 is 27.3 Å². The highest BCUT2D eigenvalue weighted by Gasteiger charge is 2.09. The summed E-state index contributed by atoms with van der Waals surface area (Å²) in [7, 11) is 0. The summed E-state index contributed by atoms with van der Waals surface area (Å²) in [5, 5.41) is 5.78. The van der Waals surface area contributed by atoms with Crippen LogP contribution < -0.4 is 5.32 Å². The Morgan fingerprint density at radius 2 is 2.29 bits per heavy atom. The van der Waals surface area contributed by atoms with Gasteiger partial charge in [-0.15, -0.1) is 11.3 Å². The van der Waals surface area contributed by atoms with Gasteiger partial charge in [0.1, 0.15) is 4.60 Å². The Kier molecular flexibility index (Phi) is 4.22. The standard InChI is InChI=1S/C11H10BrN3OS/c12-10-8(2-1-4-14-10)11(16)15-5-3-9-13-6-7-17-9/h1-2,4,6-7H,3,5H2,(H,15,16). The van der Waals surface area contributed by atoms with Crippen LogP contribution in [-0.2, 0) is 6.42 Å². The molecule has 1 N–H and O–H groups in total. The van der Waals surface area contributed by atoms with E-state index in [2.05, 4.69) is 31.2 Å². The molecule has 2 rings (SSSR count). The molecule has 1 amide bonds. The maximum atomic E-state index is 11.8. The molecular formula is C11H10BrN3OS. The highest BCUT2D eigenvalue weighted by Crippen LogP contribution is 2.12. The summed E-state index contributed by atoms with van der Waals surface area (Å²) < 4.78 is 0.562. The molecule has 0 fully saturated rings. The van der Waals surface area contributed by atoms with E-state index < -0.39 is 0 Å². The quantitative estimate of drug-likeness (QED) is 0.881. The first-order valence-corrected chi connectivity index (χ1v) is 6.71. The summed E-state index contributed by atoms with van der Waals surface area (Å²) in [5.74, 6) is -0.124. The van der Waals surface area contributed by atoms with Gasteiger partial charge in [-0.2, -0.15) is 0 Å². The molecule has 0 atom stereocenters. The summed E-state index contributed by atoms with van der Waals surface area (Å²) in [6.07, 6.45) is 4.15. The summed E-state index contributed by atoms with van der Waals surface area (Å²) in [6, 6.07) is 3.47. The van der Waals surface area contributed by atoms with Gasteiger partial charge in [0.2, 0.25) is 0 Å². The number of nitrogens with zero attached hydrogens (tertiary/aromatic N) is 2. The first kappa shape index (κ1) is 12.2. The molecule has 0 aliphatic carbocycles. The predicted molar refractivity (Wildman–Crippen MR) is 70.1 cm³/mol. The third-order valence-electron chi connectivity index (χ3n) is 2.11. The molecule has 2 aromatic heterocycles. The van der Waals surface area contributed by atoms with E-state index in [-0.39, 0.29) is 5.91 Å². The second kappa shape index (κ2) is 5.88. The molecular weight excluding hydrogens is 302 g/mol. The van der Waals surface area contributed by atoms with Crippen molar-refractivity contribution in [3.8, 4) is 0 Å². The number of hydrogen-bond donors (Lipinski definition) is 1. The minimum absolute atomic E-state index is 0.124. The summed E-state index contributed by atoms with van der Waals surface area (Å²) in [5.41, 5.74) is 0.548. The molecule has 17 heavy (non-hydrogen) atoms. The van der Waals surface area contributed by atoms with Gasteiger partial charge in [0.05, 0.1) is 10.6 Å². The number of thiazole rings is 1. The molecule has 2 heterocycles. The molecule has 0 saturated carbocycles. The summed E-state index contributed by atoms with van der Waals surface area (Å²) >= 11 is 4.83. The molecule has 0 aliphatic rings. The maximum Gasteiger partial charge on any atom is 0.254 e. The monoisotopic (exact) mass is 311 g/mol. The van der Waals surface area contributed by atoms with Gasteiger partial charge in [0, 0.05) is 30.7 Å². The molecule has 2 aromatic rings. The molecule has 88 valence electrons. The zero-order valence-electron chi connectivity index (χ0n) is 8.89. The number of carbonyl (C=O) groups excluding carboxylic acids is 1. The molecule has 0 aromatic carbocycles. The molecule has 0 unspecified atom stereocenters. The Bertz CT molecular complexity index is 501. The lowest BCUT2D eigenvalue weighted by molar-refractivity contribution is 0.0953. The number of amides is 1. The number of rotatable bonds is 4. The van der Waals surface area contributed by atoms with E-state index in [0.29, 0.717) is 16.7 Å². The third-order valence-corrected chi connectivity index (χ3v) is 3.58. The van der Waals surface area contributed by atoms with E-state index in [1.54, 1.807) is 35.9 Å². The number of nitrogens with one attached hydrogen (secondary N) is 1. The van der Waals surface area contributed by atoms with Crippen LogP contribution in [0, 0.1) is 0 Å². The van der Waals surface area contributed by atoms with Crippen LogP contribution in [0.15, 0.2) is 34.5 Å². The number of carbonyl (C=O) groups is 1. The second-order valence-electron chi connectivity index (χ2n) is 3.27. The molecule has 0 radical (unpaired) electrons. The predicted octanol–water partition coefficient (Wildman–Crippen LogP) is 2.27. The maximum absolute atomic E-state index is 11.8. The van der Waals surface area contributed by atoms with Crippen LogP contribution in [0.4, 0.5) is 0 Å². The SMILES string of the molecule is O=C(NCCc1nccs1)c1cccnc1Br. The van der Waals surface area contributed by atoms with Crippen molar-refractivity contribution in [3.63, 3.8) is 0 Å². The zero-order chi connectivity index (χ0) is 12.1. The number of hydrogen-bond acceptors (Lipinski definition) is 4. The van der Waals surface area contributed by atoms with Crippen LogP contribution in [0.2, 0.25) is 0 Å². The highest BCUT2D eigenvalue weighted by atomic mass is 79.9. The Labute approximate surface area is 111 Å². The van der Waals surface area contributed by atoms with Gasteiger partial charge < -0.3 is 5.32 Å². The Morgan fingerprint density at radius 3 is 3.00 bits per heavy atom. The smallest absolute Gasteiger partial charge is 0.254 e. The van der Waals surface area contributed by atoms with Crippen molar-refractivity contribution in [2.24, 2.45) is 0 Å². The van der Waals surface area contributed by atoms with Gasteiger partial charge in [0.25, 0.3) is 5.91 Å². The molecule has 4 nitrogen and oxygen atoms in total. The lowest BCUT2D eigenvalue weighted by atomic mass is 10.2. The Balaban J connectivity index is 1.88. The fourth-order valence-corrected chi connectivity index (χ4v) is 2.36. The average Bonchev–Trinajstić information content (AvgIpc) is 2.82. The molecule has 0 aliphatic heterocycles. The van der Waals surface area contributed by atoms with Crippen molar-refractivity contribution in [1.29, 1.82) is 0 Å². The number of halogens is 1. The first-order chi connectivity index (χ1) is 8.27. The van der Waals surface area contributed by atoms with Gasteiger partial charge in [0.15, 0.2) is 0 Å². The fourth-order valence-electron chi connectivity index (χ4n) is 1.31. The minimum atomic E-state index is -0.124. The van der Waals surface area contributed by atoms with Crippen molar-refractivity contribution in [3.05, 3.63) is 45.1 Å². The van der Waals surface area contributed by atoms with E-state index >= 15 is 0 Å². The third kappa shape index (κ3) is 3.34. The van der Waals surface area contributed by atoms with E-state index in [0.717, 1.165) is 11.4 Å². The van der Waals surface area contributed by atoms with E-state index in [1.165, 1.54) is 0 Å². The van der Waals surface area contributed by atoms with Gasteiger partial charge >= 0.3 is 0 Å². The number of pyridine rings is 1. The van der Waals surface area contributed by atoms with E-state index in [1.807, 2.05) is 5.38 Å². The second-order valence-corrected chi connectivity index (χ2v) is 5.00. The fraction of sp³-hybridized carbons (Fsp3) is 0.182. The summed E-state index contributed by atoms with van der Waals surface area (Å²) in [4.78, 5) is 19.9. The van der Waals surface area contributed by atoms with E-state index in [4.69, 9.17) is 0 Å². The van der Waals surface area contributed by atoms with Crippen molar-refractivity contribution in [1.82, 2.24) is 15.3 Å². The summed E-state index contributed by atoms with van der Waals surface area (Å²) in [6.45, 7) is 0.577. The van der Waals surface area contributed by atoms with Crippen molar-refractivity contribution < 1.29 is 4.79 Å². The molecule has 0 saturated heterocycles. The lowest BCUT2D eigenvalue weighted by Gasteiger charge is -2.04. The Morgan fingerprint density at radius 1 is 1.41 bits per heavy atom. The van der Waals surface area contributed by atoms with Gasteiger partial charge in [-0.25, -0.2) is 9.97 Å². The zero-order valence-corrected chi connectivity index (χ0v) is 11.3. The van der Waals surface area contributed by atoms with Crippen LogP contribution in [0.3, 0.4) is 0 Å². The molecule has 0 spiro atoms. The topological polar surface area (TPSA) is 54.9 Å². The largest absolute Gasteiger partial charge is 0.352 e. The normalized spacial score (nSPS) is 10.2. The van der Waals surface area contributed by atoms with Crippen molar-refractivity contribution >= 4 is 33.2 Å². The molecule has 6 heteroatoms. The van der Waals surface area contributed by atoms with Gasteiger partial charge in [-0.05, 0) is 28.1 Å². The Hall–Kier alpha value is -1.27. The van der Waals surface area contributed by atoms with Gasteiger partial charge in [-0.1, -0.05) is 0 Å².